The van der Waals surface area contributed by atoms with Gasteiger partial charge in [0.15, 0.2) is 0 Å². The van der Waals surface area contributed by atoms with Crippen LogP contribution in [0.25, 0.3) is 0 Å². The zero-order chi connectivity index (χ0) is 20.5. The van der Waals surface area contributed by atoms with Crippen molar-refractivity contribution in [3.63, 3.8) is 0 Å². The van der Waals surface area contributed by atoms with E-state index in [9.17, 15) is 9.18 Å². The van der Waals surface area contributed by atoms with Crippen LogP contribution in [0, 0.1) is 5.82 Å². The Bertz CT molecular complexity index is 909. The van der Waals surface area contributed by atoms with Gasteiger partial charge in [-0.15, -0.1) is 0 Å². The molecule has 2 aromatic carbocycles. The van der Waals surface area contributed by atoms with Crippen LogP contribution in [0.2, 0.25) is 5.02 Å². The quantitative estimate of drug-likeness (QED) is 0.554. The maximum atomic E-state index is 13.0. The Morgan fingerprint density at radius 1 is 1.36 bits per heavy atom. The Hall–Kier alpha value is -2.40. The number of fused-ring (bicyclic) bond motifs is 1. The summed E-state index contributed by atoms with van der Waals surface area (Å²) in [6.07, 6.45) is 2.60. The van der Waals surface area contributed by atoms with E-state index < -0.39 is 5.91 Å². The topological polar surface area (TPSA) is 44.7 Å². The van der Waals surface area contributed by atoms with Crippen molar-refractivity contribution in [2.24, 2.45) is 5.10 Å². The maximum Gasteiger partial charge on any atom is 0.271 e. The van der Waals surface area contributed by atoms with Crippen molar-refractivity contribution >= 4 is 29.4 Å². The van der Waals surface area contributed by atoms with Crippen molar-refractivity contribution < 1.29 is 9.18 Å². The number of rotatable bonds is 4. The van der Waals surface area contributed by atoms with E-state index in [1.807, 2.05) is 12.1 Å². The van der Waals surface area contributed by atoms with Crippen molar-refractivity contribution in [3.8, 4) is 0 Å². The highest BCUT2D eigenvalue weighted by atomic mass is 35.5. The van der Waals surface area contributed by atoms with Crippen molar-refractivity contribution in [3.05, 3.63) is 63.9 Å². The van der Waals surface area contributed by atoms with E-state index in [0.29, 0.717) is 16.5 Å². The first-order valence-electron chi connectivity index (χ1n) is 9.43. The van der Waals surface area contributed by atoms with E-state index in [1.165, 1.54) is 29.8 Å². The van der Waals surface area contributed by atoms with Crippen LogP contribution in [0.1, 0.15) is 61.5 Å². The number of hydrogen-bond donors (Lipinski definition) is 1. The minimum atomic E-state index is -0.405. The molecule has 1 aliphatic heterocycles. The molecule has 2 aromatic rings. The lowest BCUT2D eigenvalue weighted by atomic mass is 9.79. The minimum absolute atomic E-state index is 0.0727. The number of halogens is 2. The Balaban J connectivity index is 1.82. The molecule has 0 saturated carbocycles. The van der Waals surface area contributed by atoms with Gasteiger partial charge in [-0.2, -0.15) is 5.10 Å². The summed E-state index contributed by atoms with van der Waals surface area (Å²) in [5.74, 6) is -0.400. The van der Waals surface area contributed by atoms with Crippen LogP contribution >= 0.6 is 11.6 Å². The highest BCUT2D eigenvalue weighted by Gasteiger charge is 2.35. The zero-order valence-electron chi connectivity index (χ0n) is 16.6. The van der Waals surface area contributed by atoms with E-state index in [0.717, 1.165) is 24.2 Å². The molecular weight excluding hydrogens is 377 g/mol. The number of nitrogens with one attached hydrogen (secondary N) is 1. The van der Waals surface area contributed by atoms with Gasteiger partial charge in [0.2, 0.25) is 0 Å². The minimum Gasteiger partial charge on any atom is -0.366 e. The largest absolute Gasteiger partial charge is 0.366 e. The molecular formula is C22H25ClFN3O. The SMILES string of the molecule is CCN1c2cc(Cl)c(/C=N\NC(=O)c3ccc(F)cc3)cc2C(C)CC1(C)C. The second kappa shape index (κ2) is 7.92. The van der Waals surface area contributed by atoms with Crippen LogP contribution in [-0.4, -0.2) is 24.2 Å². The second-order valence-corrected chi connectivity index (χ2v) is 8.21. The molecule has 1 heterocycles. The van der Waals surface area contributed by atoms with Gasteiger partial charge in [0.1, 0.15) is 5.82 Å². The first kappa shape index (κ1) is 20.3. The van der Waals surface area contributed by atoms with Crippen LogP contribution in [0.4, 0.5) is 10.1 Å². The molecule has 1 unspecified atom stereocenters. The van der Waals surface area contributed by atoms with Crippen LogP contribution in [0.15, 0.2) is 41.5 Å². The third-order valence-electron chi connectivity index (χ3n) is 5.30. The molecule has 1 amide bonds. The standard InChI is InChI=1S/C22H25ClFN3O/c1-5-27-20-11-19(23)16(10-18(20)14(2)12-22(27,3)4)13-25-26-21(28)15-6-8-17(24)9-7-15/h6-11,13-14H,5,12H2,1-4H3,(H,26,28)/b25-13-. The van der Waals surface area contributed by atoms with E-state index >= 15 is 0 Å². The fourth-order valence-corrected chi connectivity index (χ4v) is 4.25. The second-order valence-electron chi connectivity index (χ2n) is 7.80. The van der Waals surface area contributed by atoms with Crippen LogP contribution in [0.5, 0.6) is 0 Å². The molecule has 0 aliphatic carbocycles. The van der Waals surface area contributed by atoms with Crippen molar-refractivity contribution in [2.75, 3.05) is 11.4 Å². The average molecular weight is 402 g/mol. The highest BCUT2D eigenvalue weighted by molar-refractivity contribution is 6.33. The van der Waals surface area contributed by atoms with Crippen molar-refractivity contribution in [2.45, 2.75) is 45.6 Å². The number of nitrogens with zero attached hydrogens (tertiary/aromatic N) is 2. The van der Waals surface area contributed by atoms with Crippen molar-refractivity contribution in [1.82, 2.24) is 5.43 Å². The van der Waals surface area contributed by atoms with E-state index in [4.69, 9.17) is 11.6 Å². The van der Waals surface area contributed by atoms with Crippen molar-refractivity contribution in [1.29, 1.82) is 0 Å². The maximum absolute atomic E-state index is 13.0. The zero-order valence-corrected chi connectivity index (χ0v) is 17.3. The third-order valence-corrected chi connectivity index (χ3v) is 5.62. The fourth-order valence-electron chi connectivity index (χ4n) is 4.04. The Morgan fingerprint density at radius 3 is 2.68 bits per heavy atom. The van der Waals surface area contributed by atoms with Gasteiger partial charge in [-0.3, -0.25) is 4.79 Å². The van der Waals surface area contributed by atoms with Gasteiger partial charge < -0.3 is 4.90 Å². The van der Waals surface area contributed by atoms with Crippen LogP contribution < -0.4 is 10.3 Å². The number of hydrogen-bond acceptors (Lipinski definition) is 3. The molecule has 0 radical (unpaired) electrons. The molecule has 6 heteroatoms. The van der Waals surface area contributed by atoms with Crippen LogP contribution in [-0.2, 0) is 0 Å². The van der Waals surface area contributed by atoms with Gasteiger partial charge in [-0.25, -0.2) is 9.82 Å². The lowest BCUT2D eigenvalue weighted by molar-refractivity contribution is 0.0955. The normalized spacial score (nSPS) is 18.2. The molecule has 0 aromatic heterocycles. The van der Waals surface area contributed by atoms with Gasteiger partial charge in [0.25, 0.3) is 5.91 Å². The van der Waals surface area contributed by atoms with Crippen LogP contribution in [0.3, 0.4) is 0 Å². The van der Waals surface area contributed by atoms with Gasteiger partial charge in [0.05, 0.1) is 11.2 Å². The number of benzene rings is 2. The summed E-state index contributed by atoms with van der Waals surface area (Å²) in [4.78, 5) is 14.5. The Labute approximate surface area is 170 Å². The lowest BCUT2D eigenvalue weighted by Gasteiger charge is -2.47. The monoisotopic (exact) mass is 401 g/mol. The summed E-state index contributed by atoms with van der Waals surface area (Å²) in [6.45, 7) is 9.78. The Kier molecular flexibility index (Phi) is 5.75. The lowest BCUT2D eigenvalue weighted by Crippen LogP contribution is -2.48. The molecule has 1 atom stereocenters. The summed E-state index contributed by atoms with van der Waals surface area (Å²) in [7, 11) is 0. The molecule has 3 rings (SSSR count). The summed E-state index contributed by atoms with van der Waals surface area (Å²) in [5, 5.41) is 4.61. The van der Waals surface area contributed by atoms with Gasteiger partial charge in [-0.1, -0.05) is 18.5 Å². The van der Waals surface area contributed by atoms with Gasteiger partial charge in [-0.05, 0) is 75.1 Å². The highest BCUT2D eigenvalue weighted by Crippen LogP contribution is 2.44. The third kappa shape index (κ3) is 4.04. The van der Waals surface area contributed by atoms with Gasteiger partial charge in [0, 0.05) is 28.9 Å². The smallest absolute Gasteiger partial charge is 0.271 e. The molecule has 28 heavy (non-hydrogen) atoms. The Morgan fingerprint density at radius 2 is 2.04 bits per heavy atom. The molecule has 148 valence electrons. The molecule has 0 saturated heterocycles. The number of anilines is 1. The summed E-state index contributed by atoms with van der Waals surface area (Å²) in [6, 6.07) is 9.33. The van der Waals surface area contributed by atoms with E-state index in [1.54, 1.807) is 6.21 Å². The first-order chi connectivity index (χ1) is 13.2. The van der Waals surface area contributed by atoms with E-state index in [2.05, 4.69) is 43.1 Å². The average Bonchev–Trinajstić information content (AvgIpc) is 2.62. The number of carbonyl (C=O) groups excluding carboxylic acids is 1. The number of hydrazone groups is 1. The predicted molar refractivity (Wildman–Crippen MR) is 113 cm³/mol. The molecule has 4 nitrogen and oxygen atoms in total. The summed E-state index contributed by atoms with van der Waals surface area (Å²) < 4.78 is 13.0. The summed E-state index contributed by atoms with van der Waals surface area (Å²) in [5.41, 5.74) is 6.01. The molecule has 1 N–H and O–H groups in total. The van der Waals surface area contributed by atoms with Gasteiger partial charge >= 0.3 is 0 Å². The molecule has 0 bridgehead atoms. The van der Waals surface area contributed by atoms with E-state index in [-0.39, 0.29) is 11.4 Å². The molecule has 0 fully saturated rings. The summed E-state index contributed by atoms with van der Waals surface area (Å²) >= 11 is 6.50. The molecule has 0 spiro atoms. The predicted octanol–water partition coefficient (Wildman–Crippen LogP) is 5.36. The molecule has 1 aliphatic rings. The fraction of sp³-hybridized carbons (Fsp3) is 0.364. The number of amides is 1. The number of carbonyl (C=O) groups is 1. The first-order valence-corrected chi connectivity index (χ1v) is 9.80.